The fourth-order valence-electron chi connectivity index (χ4n) is 1.46. The van der Waals surface area contributed by atoms with Crippen molar-refractivity contribution in [3.63, 3.8) is 0 Å². The molecule has 0 unspecified atom stereocenters. The Bertz CT molecular complexity index is 249. The molecule has 5 heteroatoms. The summed E-state index contributed by atoms with van der Waals surface area (Å²) in [6, 6.07) is 0. The van der Waals surface area contributed by atoms with E-state index in [2.05, 4.69) is 24.1 Å². The van der Waals surface area contributed by atoms with Gasteiger partial charge in [0.2, 0.25) is 0 Å². The first kappa shape index (κ1) is 15.9. The van der Waals surface area contributed by atoms with Crippen molar-refractivity contribution in [3.05, 3.63) is 0 Å². The van der Waals surface area contributed by atoms with Crippen molar-refractivity contribution in [2.75, 3.05) is 44.2 Å². The van der Waals surface area contributed by atoms with Crippen LogP contribution in [0.5, 0.6) is 0 Å². The number of hydrogen-bond acceptors (Lipinski definition) is 4. The van der Waals surface area contributed by atoms with Crippen molar-refractivity contribution in [2.24, 2.45) is 0 Å². The second-order valence-corrected chi connectivity index (χ2v) is 6.34. The molecule has 0 heterocycles. The molecule has 0 saturated carbocycles. The molecular formula is C11H26N2O2S. The number of hydrogen-bond donors (Lipinski definition) is 1. The van der Waals surface area contributed by atoms with E-state index in [1.165, 1.54) is 0 Å². The van der Waals surface area contributed by atoms with E-state index in [9.17, 15) is 8.42 Å². The summed E-state index contributed by atoms with van der Waals surface area (Å²) in [6.45, 7) is 10.9. The zero-order valence-electron chi connectivity index (χ0n) is 10.8. The summed E-state index contributed by atoms with van der Waals surface area (Å²) in [5.41, 5.74) is 0. The van der Waals surface area contributed by atoms with Crippen LogP contribution in [-0.2, 0) is 9.84 Å². The van der Waals surface area contributed by atoms with Gasteiger partial charge in [-0.05, 0) is 26.1 Å². The molecular weight excluding hydrogens is 224 g/mol. The summed E-state index contributed by atoms with van der Waals surface area (Å²) in [5, 5.41) is 3.28. The Hall–Kier alpha value is -0.130. The van der Waals surface area contributed by atoms with E-state index in [-0.39, 0.29) is 5.75 Å². The Kier molecular flexibility index (Phi) is 8.89. The van der Waals surface area contributed by atoms with E-state index in [0.29, 0.717) is 12.2 Å². The Morgan fingerprint density at radius 3 is 2.19 bits per heavy atom. The van der Waals surface area contributed by atoms with Crippen LogP contribution in [0.2, 0.25) is 0 Å². The first-order valence-corrected chi connectivity index (χ1v) is 8.01. The molecule has 4 nitrogen and oxygen atoms in total. The molecule has 0 amide bonds. The molecule has 98 valence electrons. The van der Waals surface area contributed by atoms with Gasteiger partial charge in [-0.25, -0.2) is 8.42 Å². The van der Waals surface area contributed by atoms with Gasteiger partial charge < -0.3 is 10.2 Å². The van der Waals surface area contributed by atoms with Crippen molar-refractivity contribution in [2.45, 2.75) is 27.2 Å². The van der Waals surface area contributed by atoms with Crippen molar-refractivity contribution in [3.8, 4) is 0 Å². The lowest BCUT2D eigenvalue weighted by atomic mass is 10.4. The molecule has 0 saturated heterocycles. The fraction of sp³-hybridized carbons (Fsp3) is 1.00. The molecule has 0 rings (SSSR count). The van der Waals surface area contributed by atoms with Gasteiger partial charge in [0.05, 0.1) is 5.75 Å². The normalized spacial score (nSPS) is 12.2. The summed E-state index contributed by atoms with van der Waals surface area (Å²) < 4.78 is 22.4. The minimum atomic E-state index is -2.78. The van der Waals surface area contributed by atoms with Crippen LogP contribution in [0.4, 0.5) is 0 Å². The van der Waals surface area contributed by atoms with E-state index in [4.69, 9.17) is 0 Å². The average Bonchev–Trinajstić information content (AvgIpc) is 2.28. The van der Waals surface area contributed by atoms with E-state index < -0.39 is 9.84 Å². The topological polar surface area (TPSA) is 49.4 Å². The largest absolute Gasteiger partial charge is 0.315 e. The quantitative estimate of drug-likeness (QED) is 0.581. The Morgan fingerprint density at radius 1 is 1.06 bits per heavy atom. The summed E-state index contributed by atoms with van der Waals surface area (Å²) in [7, 11) is -2.78. The number of likely N-dealkylation sites (N-methyl/N-ethyl adjacent to an activating group) is 1. The van der Waals surface area contributed by atoms with Gasteiger partial charge in [-0.15, -0.1) is 0 Å². The molecule has 0 bridgehead atoms. The number of nitrogens with one attached hydrogen (secondary N) is 1. The predicted molar refractivity (Wildman–Crippen MR) is 69.6 cm³/mol. The first-order chi connectivity index (χ1) is 7.55. The third-order valence-electron chi connectivity index (χ3n) is 2.75. The van der Waals surface area contributed by atoms with Gasteiger partial charge in [0.1, 0.15) is 9.84 Å². The second kappa shape index (κ2) is 8.96. The van der Waals surface area contributed by atoms with Crippen molar-refractivity contribution in [1.82, 2.24) is 10.2 Å². The Morgan fingerprint density at radius 2 is 1.69 bits per heavy atom. The summed E-state index contributed by atoms with van der Waals surface area (Å²) >= 11 is 0. The maximum atomic E-state index is 11.2. The number of nitrogens with zero attached hydrogens (tertiary/aromatic N) is 1. The monoisotopic (exact) mass is 250 g/mol. The molecule has 0 radical (unpaired) electrons. The predicted octanol–water partition coefficient (Wildman–Crippen LogP) is 0.743. The van der Waals surface area contributed by atoms with Crippen molar-refractivity contribution >= 4 is 9.84 Å². The molecule has 0 spiro atoms. The van der Waals surface area contributed by atoms with E-state index in [0.717, 1.165) is 32.7 Å². The molecule has 0 aliphatic carbocycles. The molecule has 0 atom stereocenters. The van der Waals surface area contributed by atoms with Gasteiger partial charge in [-0.2, -0.15) is 0 Å². The molecule has 16 heavy (non-hydrogen) atoms. The van der Waals surface area contributed by atoms with E-state index >= 15 is 0 Å². The zero-order chi connectivity index (χ0) is 12.4. The molecule has 0 fully saturated rings. The number of sulfone groups is 1. The Balaban J connectivity index is 3.41. The number of rotatable bonds is 10. The lowest BCUT2D eigenvalue weighted by Gasteiger charge is -2.17. The van der Waals surface area contributed by atoms with Crippen LogP contribution in [0.15, 0.2) is 0 Å². The first-order valence-electron chi connectivity index (χ1n) is 6.19. The van der Waals surface area contributed by atoms with Crippen LogP contribution in [0.1, 0.15) is 27.2 Å². The van der Waals surface area contributed by atoms with Crippen LogP contribution < -0.4 is 5.32 Å². The lowest BCUT2D eigenvalue weighted by molar-refractivity contribution is 0.302. The summed E-state index contributed by atoms with van der Waals surface area (Å²) in [5.74, 6) is 0.564. The van der Waals surface area contributed by atoms with E-state index in [1.54, 1.807) is 6.92 Å². The highest BCUT2D eigenvalue weighted by Crippen LogP contribution is 1.92. The highest BCUT2D eigenvalue weighted by Gasteiger charge is 2.05. The van der Waals surface area contributed by atoms with Crippen LogP contribution in [0.3, 0.4) is 0 Å². The maximum absolute atomic E-state index is 11.2. The highest BCUT2D eigenvalue weighted by atomic mass is 32.2. The van der Waals surface area contributed by atoms with Crippen LogP contribution in [-0.4, -0.2) is 57.5 Å². The molecule has 0 aliphatic rings. The molecule has 0 aromatic heterocycles. The third-order valence-corrected chi connectivity index (χ3v) is 4.54. The third kappa shape index (κ3) is 8.07. The fourth-order valence-corrected chi connectivity index (χ4v) is 2.34. The van der Waals surface area contributed by atoms with Crippen molar-refractivity contribution in [1.29, 1.82) is 0 Å². The summed E-state index contributed by atoms with van der Waals surface area (Å²) in [6.07, 6.45) is 0.717. The average molecular weight is 250 g/mol. The molecule has 0 aliphatic heterocycles. The standard InChI is InChI=1S/C11H26N2O2S/c1-4-13(5-2)10-9-12-8-7-11-16(14,15)6-3/h12H,4-11H2,1-3H3. The van der Waals surface area contributed by atoms with Gasteiger partial charge in [0, 0.05) is 18.8 Å². The van der Waals surface area contributed by atoms with Gasteiger partial charge >= 0.3 is 0 Å². The maximum Gasteiger partial charge on any atom is 0.150 e. The zero-order valence-corrected chi connectivity index (χ0v) is 11.6. The minimum Gasteiger partial charge on any atom is -0.315 e. The molecule has 0 aromatic rings. The highest BCUT2D eigenvalue weighted by molar-refractivity contribution is 7.91. The SMILES string of the molecule is CCN(CC)CCNCCCS(=O)(=O)CC. The minimum absolute atomic E-state index is 0.256. The molecule has 0 aromatic carbocycles. The van der Waals surface area contributed by atoms with Gasteiger partial charge in [-0.1, -0.05) is 20.8 Å². The smallest absolute Gasteiger partial charge is 0.150 e. The van der Waals surface area contributed by atoms with Gasteiger partial charge in [-0.3, -0.25) is 0 Å². The van der Waals surface area contributed by atoms with Crippen LogP contribution >= 0.6 is 0 Å². The van der Waals surface area contributed by atoms with Crippen LogP contribution in [0.25, 0.3) is 0 Å². The van der Waals surface area contributed by atoms with Crippen LogP contribution in [0, 0.1) is 0 Å². The Labute approximate surface area is 100 Å². The summed E-state index contributed by atoms with van der Waals surface area (Å²) in [4.78, 5) is 2.34. The lowest BCUT2D eigenvalue weighted by Crippen LogP contribution is -2.32. The second-order valence-electron chi connectivity index (χ2n) is 3.87. The van der Waals surface area contributed by atoms with Gasteiger partial charge in [0.25, 0.3) is 0 Å². The van der Waals surface area contributed by atoms with Crippen molar-refractivity contribution < 1.29 is 8.42 Å². The van der Waals surface area contributed by atoms with Gasteiger partial charge in [0.15, 0.2) is 0 Å². The molecule has 1 N–H and O–H groups in total. The van der Waals surface area contributed by atoms with E-state index in [1.807, 2.05) is 0 Å².